The van der Waals surface area contributed by atoms with E-state index in [4.69, 9.17) is 11.6 Å². The third kappa shape index (κ3) is 9.77. The highest BCUT2D eigenvalue weighted by atomic mass is 35.5. The molecule has 0 N–H and O–H groups in total. The fraction of sp³-hybridized carbons (Fsp3) is 0.857. The van der Waals surface area contributed by atoms with Crippen LogP contribution in [0.1, 0.15) is 0 Å². The van der Waals surface area contributed by atoms with Crippen LogP contribution in [-0.4, -0.2) is 58.4 Å². The van der Waals surface area contributed by atoms with Gasteiger partial charge in [0.2, 0.25) is 0 Å². The van der Waals surface area contributed by atoms with Gasteiger partial charge in [-0.3, -0.25) is 0 Å². The first-order valence-electron chi connectivity index (χ1n) is 4.16. The predicted molar refractivity (Wildman–Crippen MR) is 55.5 cm³/mol. The van der Waals surface area contributed by atoms with E-state index in [2.05, 4.69) is 8.92 Å². The summed E-state index contributed by atoms with van der Waals surface area (Å²) >= 11 is 5.47. The maximum Gasteiger partial charge on any atom is 0.524 e. The molecule has 6 nitrogen and oxygen atoms in total. The quantitative estimate of drug-likeness (QED) is 0.387. The van der Waals surface area contributed by atoms with Crippen molar-refractivity contribution >= 4 is 27.9 Å². The minimum Gasteiger partial charge on any atom is -0.432 e. The van der Waals surface area contributed by atoms with Gasteiger partial charge in [0.1, 0.15) is 6.61 Å². The van der Waals surface area contributed by atoms with Gasteiger partial charge in [-0.15, -0.1) is 11.6 Å². The largest absolute Gasteiger partial charge is 0.524 e. The predicted octanol–water partition coefficient (Wildman–Crippen LogP) is 0.270. The number of alkyl halides is 1. The molecule has 0 heterocycles. The summed E-state index contributed by atoms with van der Waals surface area (Å²) in [6.07, 6.45) is -0.440. The highest BCUT2D eigenvalue weighted by molar-refractivity contribution is 7.86. The third-order valence-corrected chi connectivity index (χ3v) is 1.99. The Morgan fingerprint density at radius 2 is 2.00 bits per heavy atom. The molecule has 0 rings (SSSR count). The van der Waals surface area contributed by atoms with E-state index in [1.54, 1.807) is 7.05 Å². The second-order valence-electron chi connectivity index (χ2n) is 2.88. The highest BCUT2D eigenvalue weighted by Crippen LogP contribution is 1.93. The van der Waals surface area contributed by atoms with Crippen molar-refractivity contribution in [2.45, 2.75) is 0 Å². The SMILES string of the molecule is CN(CCCl)CCOC(=O)OS(C)(=O)=O. The standard InChI is InChI=1S/C7H14ClNO5S/c1-9(4-3-8)5-6-13-7(10)14-15(2,11)12/h3-6H2,1-2H3. The van der Waals surface area contributed by atoms with E-state index in [1.165, 1.54) is 0 Å². The molecule has 0 aliphatic heterocycles. The maximum atomic E-state index is 10.7. The summed E-state index contributed by atoms with van der Waals surface area (Å²) in [5.41, 5.74) is 0. The van der Waals surface area contributed by atoms with E-state index in [9.17, 15) is 13.2 Å². The van der Waals surface area contributed by atoms with Crippen LogP contribution >= 0.6 is 11.6 Å². The average molecular weight is 260 g/mol. The van der Waals surface area contributed by atoms with Gasteiger partial charge in [0.25, 0.3) is 0 Å². The normalized spacial score (nSPS) is 11.5. The molecule has 0 bridgehead atoms. The summed E-state index contributed by atoms with van der Waals surface area (Å²) in [5, 5.41) is 0. The summed E-state index contributed by atoms with van der Waals surface area (Å²) in [7, 11) is -1.99. The minimum absolute atomic E-state index is 0.0573. The van der Waals surface area contributed by atoms with Crippen LogP contribution in [0.3, 0.4) is 0 Å². The molecule has 0 aliphatic carbocycles. The molecule has 0 aliphatic rings. The van der Waals surface area contributed by atoms with E-state index in [0.717, 1.165) is 6.26 Å². The monoisotopic (exact) mass is 259 g/mol. The van der Waals surface area contributed by atoms with E-state index in [0.29, 0.717) is 19.0 Å². The molecular formula is C7H14ClNO5S. The zero-order chi connectivity index (χ0) is 11.9. The molecular weight excluding hydrogens is 246 g/mol. The lowest BCUT2D eigenvalue weighted by Gasteiger charge is -2.13. The Bertz CT molecular complexity index is 292. The van der Waals surface area contributed by atoms with Crippen molar-refractivity contribution in [2.24, 2.45) is 0 Å². The van der Waals surface area contributed by atoms with Crippen LogP contribution in [0.2, 0.25) is 0 Å². The van der Waals surface area contributed by atoms with Gasteiger partial charge in [0.05, 0.1) is 6.26 Å². The van der Waals surface area contributed by atoms with Crippen LogP contribution < -0.4 is 0 Å². The average Bonchev–Trinajstić information content (AvgIpc) is 2.00. The Labute approximate surface area is 94.2 Å². The molecule has 0 unspecified atom stereocenters. The summed E-state index contributed by atoms with van der Waals surface area (Å²) in [6.45, 7) is 1.18. The Balaban J connectivity index is 3.64. The number of carbonyl (C=O) groups is 1. The van der Waals surface area contributed by atoms with Crippen LogP contribution in [0.25, 0.3) is 0 Å². The molecule has 0 aromatic heterocycles. The molecule has 0 saturated heterocycles. The molecule has 0 aromatic rings. The minimum atomic E-state index is -3.79. The van der Waals surface area contributed by atoms with Gasteiger partial charge in [0, 0.05) is 19.0 Å². The van der Waals surface area contributed by atoms with Crippen molar-refractivity contribution < 1.29 is 22.1 Å². The lowest BCUT2D eigenvalue weighted by molar-refractivity contribution is 0.0934. The second kappa shape index (κ2) is 6.86. The highest BCUT2D eigenvalue weighted by Gasteiger charge is 2.12. The van der Waals surface area contributed by atoms with Crippen molar-refractivity contribution in [1.82, 2.24) is 4.90 Å². The molecule has 15 heavy (non-hydrogen) atoms. The lowest BCUT2D eigenvalue weighted by atomic mass is 10.5. The Morgan fingerprint density at radius 3 is 2.47 bits per heavy atom. The first-order valence-corrected chi connectivity index (χ1v) is 6.51. The van der Waals surface area contributed by atoms with Gasteiger partial charge < -0.3 is 13.8 Å². The molecule has 0 spiro atoms. The number of hydrogen-bond donors (Lipinski definition) is 0. The number of nitrogens with zero attached hydrogens (tertiary/aromatic N) is 1. The van der Waals surface area contributed by atoms with Crippen molar-refractivity contribution in [3.05, 3.63) is 0 Å². The van der Waals surface area contributed by atoms with Gasteiger partial charge >= 0.3 is 16.3 Å². The number of ether oxygens (including phenoxy) is 1. The molecule has 0 radical (unpaired) electrons. The number of rotatable bonds is 6. The molecule has 8 heteroatoms. The zero-order valence-electron chi connectivity index (χ0n) is 8.60. The Hall–Kier alpha value is -0.530. The molecule has 90 valence electrons. The number of halogens is 1. The Kier molecular flexibility index (Phi) is 6.62. The van der Waals surface area contributed by atoms with Crippen molar-refractivity contribution in [1.29, 1.82) is 0 Å². The molecule has 0 aromatic carbocycles. The van der Waals surface area contributed by atoms with E-state index >= 15 is 0 Å². The fourth-order valence-corrected chi connectivity index (χ4v) is 1.27. The second-order valence-corrected chi connectivity index (χ2v) is 4.83. The van der Waals surface area contributed by atoms with Crippen LogP contribution in [0.5, 0.6) is 0 Å². The van der Waals surface area contributed by atoms with E-state index in [-0.39, 0.29) is 6.61 Å². The first-order chi connectivity index (χ1) is 6.85. The van der Waals surface area contributed by atoms with E-state index in [1.807, 2.05) is 4.90 Å². The van der Waals surface area contributed by atoms with Gasteiger partial charge in [-0.25, -0.2) is 4.79 Å². The van der Waals surface area contributed by atoms with Gasteiger partial charge in [0.15, 0.2) is 0 Å². The molecule has 0 fully saturated rings. The topological polar surface area (TPSA) is 72.9 Å². The van der Waals surface area contributed by atoms with E-state index < -0.39 is 16.3 Å². The number of hydrogen-bond acceptors (Lipinski definition) is 6. The maximum absolute atomic E-state index is 10.7. The van der Waals surface area contributed by atoms with Crippen LogP contribution in [0, 0.1) is 0 Å². The van der Waals surface area contributed by atoms with Crippen LogP contribution in [0.4, 0.5) is 4.79 Å². The molecule has 0 saturated carbocycles. The first kappa shape index (κ1) is 14.5. The van der Waals surface area contributed by atoms with Gasteiger partial charge in [-0.1, -0.05) is 0 Å². The van der Waals surface area contributed by atoms with Crippen molar-refractivity contribution in [3.8, 4) is 0 Å². The van der Waals surface area contributed by atoms with Crippen molar-refractivity contribution in [2.75, 3.05) is 38.9 Å². The fourth-order valence-electron chi connectivity index (χ4n) is 0.689. The lowest BCUT2D eigenvalue weighted by Crippen LogP contribution is -2.26. The smallest absolute Gasteiger partial charge is 0.432 e. The van der Waals surface area contributed by atoms with Gasteiger partial charge in [-0.05, 0) is 7.05 Å². The third-order valence-electron chi connectivity index (χ3n) is 1.38. The van der Waals surface area contributed by atoms with Gasteiger partial charge in [-0.2, -0.15) is 8.42 Å². The van der Waals surface area contributed by atoms with Crippen LogP contribution in [0.15, 0.2) is 0 Å². The zero-order valence-corrected chi connectivity index (χ0v) is 10.2. The summed E-state index contributed by atoms with van der Waals surface area (Å²) in [4.78, 5) is 12.6. The number of likely N-dealkylation sites (N-methyl/N-ethyl adjacent to an activating group) is 1. The molecule has 0 atom stereocenters. The summed E-state index contributed by atoms with van der Waals surface area (Å²) in [6, 6.07) is 0. The van der Waals surface area contributed by atoms with Crippen molar-refractivity contribution in [3.63, 3.8) is 0 Å². The summed E-state index contributed by atoms with van der Waals surface area (Å²) < 4.78 is 29.4. The van der Waals surface area contributed by atoms with Crippen LogP contribution in [-0.2, 0) is 19.0 Å². The molecule has 0 amide bonds. The number of carbonyl (C=O) groups excluding carboxylic acids is 1. The summed E-state index contributed by atoms with van der Waals surface area (Å²) in [5.74, 6) is 0.476. The Morgan fingerprint density at radius 1 is 1.40 bits per heavy atom.